The third-order valence-electron chi connectivity index (χ3n) is 8.72. The highest BCUT2D eigenvalue weighted by molar-refractivity contribution is 7.87. The van der Waals surface area contributed by atoms with Crippen molar-refractivity contribution < 1.29 is 27.4 Å². The minimum absolute atomic E-state index is 0.0738. The molecule has 6 aliphatic rings. The predicted octanol–water partition coefficient (Wildman–Crippen LogP) is 2.95. The minimum atomic E-state index is -4.14. The number of benzene rings is 1. The molecule has 2 unspecified atom stereocenters. The van der Waals surface area contributed by atoms with Crippen LogP contribution in [-0.4, -0.2) is 49.5 Å². The molecule has 1 saturated heterocycles. The van der Waals surface area contributed by atoms with Crippen LogP contribution in [-0.2, 0) is 10.2 Å². The molecule has 0 radical (unpaired) electrons. The molecule has 9 heteroatoms. The highest BCUT2D eigenvalue weighted by Gasteiger charge is 2.58. The van der Waals surface area contributed by atoms with Gasteiger partial charge in [0.15, 0.2) is 0 Å². The Morgan fingerprint density at radius 3 is 2.55 bits per heavy atom. The first-order chi connectivity index (χ1) is 15.7. The molecule has 3 atom stereocenters. The Morgan fingerprint density at radius 2 is 1.91 bits per heavy atom. The molecule has 1 amide bonds. The average Bonchev–Trinajstić information content (AvgIpc) is 3.38. The van der Waals surface area contributed by atoms with E-state index in [1.807, 2.05) is 4.72 Å². The van der Waals surface area contributed by atoms with Crippen molar-refractivity contribution in [3.05, 3.63) is 29.1 Å². The van der Waals surface area contributed by atoms with Crippen LogP contribution in [0.4, 0.5) is 4.39 Å². The molecule has 5 aliphatic carbocycles. The molecule has 0 aromatic heterocycles. The van der Waals surface area contributed by atoms with Crippen LogP contribution in [0.2, 0.25) is 0 Å². The largest absolute Gasteiger partial charge is 0.493 e. The number of β-amino-alcohol motifs (C(OH)–C–C–N with tert-alkyl or cyclic N) is 1. The SMILES string of the molecule is O=C(NS(=O)(=O)N1CC[C@H](O)C1)c1cc(C2CC2)c(OCC23CC4CC(CC2C4)C3)cc1F. The molecule has 5 saturated carbocycles. The van der Waals surface area contributed by atoms with E-state index < -0.39 is 28.0 Å². The Kier molecular flexibility index (Phi) is 5.05. The van der Waals surface area contributed by atoms with Crippen LogP contribution >= 0.6 is 0 Å². The smallest absolute Gasteiger partial charge is 0.304 e. The van der Waals surface area contributed by atoms with Gasteiger partial charge in [-0.1, -0.05) is 0 Å². The summed E-state index contributed by atoms with van der Waals surface area (Å²) in [5.74, 6) is 1.29. The number of carbonyl (C=O) groups excluding carboxylic acids is 1. The summed E-state index contributed by atoms with van der Waals surface area (Å²) >= 11 is 0. The molecule has 4 bridgehead atoms. The van der Waals surface area contributed by atoms with Gasteiger partial charge in [0.05, 0.1) is 18.3 Å². The van der Waals surface area contributed by atoms with E-state index in [9.17, 15) is 18.3 Å². The number of nitrogens with one attached hydrogen (secondary N) is 1. The monoisotopic (exact) mass is 478 g/mol. The van der Waals surface area contributed by atoms with Crippen LogP contribution in [0.25, 0.3) is 0 Å². The molecule has 2 N–H and O–H groups in total. The lowest BCUT2D eigenvalue weighted by atomic mass is 9.76. The Balaban J connectivity index is 1.21. The van der Waals surface area contributed by atoms with Crippen LogP contribution in [0.5, 0.6) is 5.75 Å². The fraction of sp³-hybridized carbons (Fsp3) is 0.708. The first-order valence-electron chi connectivity index (χ1n) is 12.2. The van der Waals surface area contributed by atoms with Crippen LogP contribution in [0.1, 0.15) is 73.2 Å². The van der Waals surface area contributed by atoms with Crippen molar-refractivity contribution in [2.45, 2.75) is 63.4 Å². The molecule has 33 heavy (non-hydrogen) atoms. The topological polar surface area (TPSA) is 95.9 Å². The second-order valence-electron chi connectivity index (χ2n) is 11.1. The van der Waals surface area contributed by atoms with E-state index in [0.717, 1.165) is 40.5 Å². The third kappa shape index (κ3) is 3.86. The summed E-state index contributed by atoms with van der Waals surface area (Å²) in [5, 5.41) is 9.60. The first-order valence-corrected chi connectivity index (χ1v) is 13.6. The van der Waals surface area contributed by atoms with E-state index in [1.165, 1.54) is 44.2 Å². The summed E-state index contributed by atoms with van der Waals surface area (Å²) in [5.41, 5.74) is 0.728. The number of aliphatic hydroxyl groups excluding tert-OH is 1. The van der Waals surface area contributed by atoms with Crippen molar-refractivity contribution in [3.63, 3.8) is 0 Å². The molecule has 0 spiro atoms. The molecule has 1 aromatic carbocycles. The van der Waals surface area contributed by atoms with Gasteiger partial charge in [-0.2, -0.15) is 12.7 Å². The van der Waals surface area contributed by atoms with E-state index in [1.54, 1.807) is 0 Å². The number of hydrogen-bond acceptors (Lipinski definition) is 5. The van der Waals surface area contributed by atoms with Crippen LogP contribution < -0.4 is 9.46 Å². The van der Waals surface area contributed by atoms with Crippen molar-refractivity contribution in [3.8, 4) is 5.75 Å². The van der Waals surface area contributed by atoms with Gasteiger partial charge in [-0.25, -0.2) is 9.11 Å². The molecule has 6 fully saturated rings. The van der Waals surface area contributed by atoms with Gasteiger partial charge >= 0.3 is 10.2 Å². The maximum Gasteiger partial charge on any atom is 0.304 e. The number of amides is 1. The summed E-state index contributed by atoms with van der Waals surface area (Å²) in [6.45, 7) is 0.646. The Bertz CT molecular complexity index is 1070. The molecule has 7 rings (SSSR count). The van der Waals surface area contributed by atoms with Crippen LogP contribution in [0.3, 0.4) is 0 Å². The zero-order valence-electron chi connectivity index (χ0n) is 18.6. The molecular weight excluding hydrogens is 447 g/mol. The molecule has 1 aliphatic heterocycles. The molecule has 7 nitrogen and oxygen atoms in total. The minimum Gasteiger partial charge on any atom is -0.493 e. The number of hydrogen-bond donors (Lipinski definition) is 2. The quantitative estimate of drug-likeness (QED) is 0.628. The van der Waals surface area contributed by atoms with Crippen LogP contribution in [0.15, 0.2) is 12.1 Å². The van der Waals surface area contributed by atoms with Gasteiger partial charge < -0.3 is 9.84 Å². The lowest BCUT2D eigenvalue weighted by Crippen LogP contribution is -2.43. The van der Waals surface area contributed by atoms with Gasteiger partial charge in [0, 0.05) is 24.6 Å². The molecule has 1 aromatic rings. The van der Waals surface area contributed by atoms with Crippen molar-refractivity contribution in [2.75, 3.05) is 19.7 Å². The lowest BCUT2D eigenvalue weighted by Gasteiger charge is -2.33. The maximum atomic E-state index is 15.0. The van der Waals surface area contributed by atoms with Crippen molar-refractivity contribution >= 4 is 16.1 Å². The van der Waals surface area contributed by atoms with Gasteiger partial charge in [0.2, 0.25) is 0 Å². The van der Waals surface area contributed by atoms with Crippen molar-refractivity contribution in [2.24, 2.45) is 23.2 Å². The van der Waals surface area contributed by atoms with Gasteiger partial charge in [0.25, 0.3) is 5.91 Å². The van der Waals surface area contributed by atoms with Crippen molar-refractivity contribution in [1.29, 1.82) is 0 Å². The average molecular weight is 479 g/mol. The molecular formula is C24H31FN2O5S. The number of halogens is 1. The zero-order valence-corrected chi connectivity index (χ0v) is 19.4. The second kappa shape index (κ2) is 7.65. The number of ether oxygens (including phenoxy) is 1. The summed E-state index contributed by atoms with van der Waals surface area (Å²) in [7, 11) is -4.14. The fourth-order valence-corrected chi connectivity index (χ4v) is 8.36. The summed E-state index contributed by atoms with van der Waals surface area (Å²) in [6.07, 6.45) is 7.81. The zero-order chi connectivity index (χ0) is 23.0. The van der Waals surface area contributed by atoms with E-state index >= 15 is 4.39 Å². The summed E-state index contributed by atoms with van der Waals surface area (Å²) in [6, 6.07) is 2.74. The lowest BCUT2D eigenvalue weighted by molar-refractivity contribution is 0.0972. The maximum absolute atomic E-state index is 15.0. The number of nitrogens with zero attached hydrogens (tertiary/aromatic N) is 1. The number of aliphatic hydroxyl groups is 1. The Morgan fingerprint density at radius 1 is 1.18 bits per heavy atom. The van der Waals surface area contributed by atoms with Crippen molar-refractivity contribution in [1.82, 2.24) is 9.03 Å². The summed E-state index contributed by atoms with van der Waals surface area (Å²) in [4.78, 5) is 12.7. The van der Waals surface area contributed by atoms with Gasteiger partial charge in [-0.05, 0) is 86.7 Å². The third-order valence-corrected chi connectivity index (χ3v) is 10.2. The fourth-order valence-electron chi connectivity index (χ4n) is 7.17. The van der Waals surface area contributed by atoms with E-state index in [2.05, 4.69) is 0 Å². The second-order valence-corrected chi connectivity index (χ2v) is 12.7. The van der Waals surface area contributed by atoms with Gasteiger partial charge in [-0.3, -0.25) is 4.79 Å². The standard InChI is InChI=1S/C24H31FN2O5S/c25-21-9-22(32-13-24-10-14-5-15(11-24)7-17(24)6-14)19(16-1-2-16)8-20(21)23(29)26-33(30,31)27-4-3-18(28)12-27/h8-9,14-18,28H,1-7,10-13H2,(H,26,29)/t14?,15?,17?,18-,24?/m0/s1. The Labute approximate surface area is 193 Å². The van der Waals surface area contributed by atoms with Gasteiger partial charge in [0.1, 0.15) is 11.6 Å². The predicted molar refractivity (Wildman–Crippen MR) is 118 cm³/mol. The highest BCUT2D eigenvalue weighted by Crippen LogP contribution is 2.65. The highest BCUT2D eigenvalue weighted by atomic mass is 32.2. The number of rotatable bonds is 7. The molecule has 1 heterocycles. The molecule has 180 valence electrons. The van der Waals surface area contributed by atoms with E-state index in [0.29, 0.717) is 18.8 Å². The summed E-state index contributed by atoms with van der Waals surface area (Å²) < 4.78 is 49.3. The van der Waals surface area contributed by atoms with E-state index in [4.69, 9.17) is 4.74 Å². The van der Waals surface area contributed by atoms with E-state index in [-0.39, 0.29) is 30.0 Å². The number of carbonyl (C=O) groups is 1. The normalized spacial score (nSPS) is 35.3. The van der Waals surface area contributed by atoms with Crippen LogP contribution in [0, 0.1) is 29.0 Å². The van der Waals surface area contributed by atoms with Gasteiger partial charge in [-0.15, -0.1) is 0 Å². The Hall–Kier alpha value is -1.71. The first kappa shape index (κ1) is 21.8.